The van der Waals surface area contributed by atoms with E-state index >= 15 is 0 Å². The predicted octanol–water partition coefficient (Wildman–Crippen LogP) is 3.41. The van der Waals surface area contributed by atoms with Gasteiger partial charge in [0.05, 0.1) is 24.8 Å². The van der Waals surface area contributed by atoms with Gasteiger partial charge in [-0.2, -0.15) is 0 Å². The van der Waals surface area contributed by atoms with E-state index in [0.717, 1.165) is 10.6 Å². The van der Waals surface area contributed by atoms with Crippen LogP contribution in [0.15, 0.2) is 0 Å². The van der Waals surface area contributed by atoms with Gasteiger partial charge >= 0.3 is 5.97 Å². The smallest absolute Gasteiger partial charge is 0.304 e. The van der Waals surface area contributed by atoms with Crippen LogP contribution in [-0.4, -0.2) is 44.9 Å². The molecule has 0 unspecified atom stereocenters. The molecule has 1 heterocycles. The average Bonchev–Trinajstić information content (AvgIpc) is 3.00. The number of aliphatic hydroxyl groups excluding tert-OH is 2. The van der Waals surface area contributed by atoms with Gasteiger partial charge in [-0.1, -0.05) is 34.6 Å². The van der Waals surface area contributed by atoms with Crippen molar-refractivity contribution in [1.29, 1.82) is 0 Å². The Balaban J connectivity index is 2.00. The fourth-order valence-electron chi connectivity index (χ4n) is 5.52. The van der Waals surface area contributed by atoms with Crippen molar-refractivity contribution in [1.82, 2.24) is 4.98 Å². The van der Waals surface area contributed by atoms with Gasteiger partial charge in [0.2, 0.25) is 5.91 Å². The molecule has 4 N–H and O–H groups in total. The number of amides is 1. The molecule has 5 atom stereocenters. The molecule has 30 heavy (non-hydrogen) atoms. The SMILES string of the molecule is CC(C)(C)CC(=O)Nc1nc2c(s1)C[C@@H]1[C@](C)(CO)[C@H](O)CC[C@@]1(C)[C@@H]2CC(=O)O. The summed E-state index contributed by atoms with van der Waals surface area (Å²) in [5.41, 5.74) is -0.498. The maximum Gasteiger partial charge on any atom is 0.304 e. The zero-order valence-electron chi connectivity index (χ0n) is 18.5. The molecule has 0 spiro atoms. The third-order valence-corrected chi connectivity index (χ3v) is 8.22. The molecule has 0 bridgehead atoms. The summed E-state index contributed by atoms with van der Waals surface area (Å²) < 4.78 is 0. The van der Waals surface area contributed by atoms with Gasteiger partial charge in [-0.25, -0.2) is 4.98 Å². The highest BCUT2D eigenvalue weighted by molar-refractivity contribution is 7.15. The molecule has 2 aliphatic carbocycles. The summed E-state index contributed by atoms with van der Waals surface area (Å²) in [6.07, 6.45) is 1.49. The number of rotatable bonds is 5. The molecule has 2 aliphatic rings. The molecule has 1 saturated carbocycles. The van der Waals surface area contributed by atoms with Crippen molar-refractivity contribution >= 4 is 28.3 Å². The van der Waals surface area contributed by atoms with Crippen molar-refractivity contribution < 1.29 is 24.9 Å². The number of nitrogens with zero attached hydrogens (tertiary/aromatic N) is 1. The molecule has 0 radical (unpaired) electrons. The Morgan fingerprint density at radius 3 is 2.53 bits per heavy atom. The number of aliphatic hydroxyl groups is 2. The zero-order valence-corrected chi connectivity index (χ0v) is 19.3. The van der Waals surface area contributed by atoms with Crippen LogP contribution in [0.25, 0.3) is 0 Å². The fourth-order valence-corrected chi connectivity index (χ4v) is 6.60. The summed E-state index contributed by atoms with van der Waals surface area (Å²) in [6, 6.07) is 0. The number of carboxylic acid groups (broad SMARTS) is 1. The van der Waals surface area contributed by atoms with E-state index in [1.165, 1.54) is 11.3 Å². The molecule has 8 heteroatoms. The quantitative estimate of drug-likeness (QED) is 0.559. The first kappa shape index (κ1) is 23.2. The lowest BCUT2D eigenvalue weighted by Gasteiger charge is -2.58. The Hall–Kier alpha value is -1.51. The van der Waals surface area contributed by atoms with Crippen LogP contribution in [0.5, 0.6) is 0 Å². The van der Waals surface area contributed by atoms with Gasteiger partial charge in [-0.3, -0.25) is 9.59 Å². The number of aromatic nitrogens is 1. The topological polar surface area (TPSA) is 120 Å². The number of carboxylic acids is 1. The lowest BCUT2D eigenvalue weighted by atomic mass is 9.47. The molecule has 7 nitrogen and oxygen atoms in total. The number of carbonyl (C=O) groups excluding carboxylic acids is 1. The Morgan fingerprint density at radius 2 is 1.97 bits per heavy atom. The highest BCUT2D eigenvalue weighted by atomic mass is 32.1. The molecular weight excluding hydrogens is 404 g/mol. The molecular formula is C22H34N2O5S. The van der Waals surface area contributed by atoms with Gasteiger partial charge in [-0.05, 0) is 36.0 Å². The first-order valence-corrected chi connectivity index (χ1v) is 11.4. The summed E-state index contributed by atoms with van der Waals surface area (Å²) in [7, 11) is 0. The zero-order chi connectivity index (χ0) is 22.5. The molecule has 168 valence electrons. The first-order valence-electron chi connectivity index (χ1n) is 10.6. The van der Waals surface area contributed by atoms with Gasteiger partial charge in [0.15, 0.2) is 5.13 Å². The van der Waals surface area contributed by atoms with E-state index in [1.54, 1.807) is 0 Å². The van der Waals surface area contributed by atoms with Gasteiger partial charge in [0.25, 0.3) is 0 Å². The maximum atomic E-state index is 12.4. The second-order valence-electron chi connectivity index (χ2n) is 10.7. The van der Waals surface area contributed by atoms with E-state index in [2.05, 4.69) is 17.2 Å². The number of fused-ring (bicyclic) bond motifs is 2. The van der Waals surface area contributed by atoms with E-state index in [0.29, 0.717) is 30.8 Å². The summed E-state index contributed by atoms with van der Waals surface area (Å²) in [5.74, 6) is -1.40. The largest absolute Gasteiger partial charge is 0.481 e. The van der Waals surface area contributed by atoms with Crippen molar-refractivity contribution in [2.75, 3.05) is 11.9 Å². The second-order valence-corrected chi connectivity index (χ2v) is 11.8. The lowest BCUT2D eigenvalue weighted by molar-refractivity contribution is -0.150. The molecule has 0 saturated heterocycles. The Morgan fingerprint density at radius 1 is 1.30 bits per heavy atom. The van der Waals surface area contributed by atoms with Crippen LogP contribution >= 0.6 is 11.3 Å². The fraction of sp³-hybridized carbons (Fsp3) is 0.773. The molecule has 0 aromatic carbocycles. The van der Waals surface area contributed by atoms with Crippen LogP contribution in [0.3, 0.4) is 0 Å². The lowest BCUT2D eigenvalue weighted by Crippen LogP contribution is -2.57. The van der Waals surface area contributed by atoms with Crippen molar-refractivity contribution in [3.8, 4) is 0 Å². The van der Waals surface area contributed by atoms with Gasteiger partial charge in [0, 0.05) is 22.6 Å². The number of hydrogen-bond acceptors (Lipinski definition) is 6. The Labute approximate surface area is 181 Å². The van der Waals surface area contributed by atoms with Crippen LogP contribution in [0.1, 0.15) is 76.8 Å². The minimum atomic E-state index is -0.893. The van der Waals surface area contributed by atoms with Gasteiger partial charge in [-0.15, -0.1) is 11.3 Å². The summed E-state index contributed by atoms with van der Waals surface area (Å²) in [6.45, 7) is 9.80. The Kier molecular flexibility index (Phi) is 6.08. The Bertz CT molecular complexity index is 832. The maximum absolute atomic E-state index is 12.4. The average molecular weight is 439 g/mol. The molecule has 1 aromatic heterocycles. The molecule has 1 fully saturated rings. The third-order valence-electron chi connectivity index (χ3n) is 7.21. The van der Waals surface area contributed by atoms with Gasteiger partial charge < -0.3 is 20.6 Å². The van der Waals surface area contributed by atoms with Crippen LogP contribution in [0, 0.1) is 22.2 Å². The summed E-state index contributed by atoms with van der Waals surface area (Å²) >= 11 is 1.39. The molecule has 3 rings (SSSR count). The van der Waals surface area contributed by atoms with Crippen LogP contribution < -0.4 is 5.32 Å². The van der Waals surface area contributed by atoms with Crippen molar-refractivity contribution in [3.63, 3.8) is 0 Å². The number of anilines is 1. The predicted molar refractivity (Wildman–Crippen MR) is 116 cm³/mol. The number of thiazole rings is 1. The summed E-state index contributed by atoms with van der Waals surface area (Å²) in [5, 5.41) is 33.9. The molecule has 1 aromatic rings. The normalized spacial score (nSPS) is 33.5. The van der Waals surface area contributed by atoms with Crippen molar-refractivity contribution in [2.24, 2.45) is 22.2 Å². The van der Waals surface area contributed by atoms with E-state index in [9.17, 15) is 24.9 Å². The highest BCUT2D eigenvalue weighted by Gasteiger charge is 2.59. The summed E-state index contributed by atoms with van der Waals surface area (Å²) in [4.78, 5) is 29.8. The second kappa shape index (κ2) is 7.88. The van der Waals surface area contributed by atoms with E-state index < -0.39 is 22.9 Å². The third kappa shape index (κ3) is 4.14. The number of aliphatic carboxylic acids is 1. The van der Waals surface area contributed by atoms with Crippen molar-refractivity contribution in [3.05, 3.63) is 10.6 Å². The molecule has 0 aliphatic heterocycles. The minimum Gasteiger partial charge on any atom is -0.481 e. The standard InChI is InChI=1S/C22H34N2O5S/c1-20(2,3)10-16(27)23-19-24-18-12(8-17(28)29)21(4)7-6-15(26)22(5,11-25)14(21)9-13(18)30-19/h12,14-15,25-26H,6-11H2,1-5H3,(H,28,29)(H,23,24,27)/t12-,14+,15-,21+,22+/m1/s1. The molecule has 1 amide bonds. The number of nitrogens with one attached hydrogen (secondary N) is 1. The highest BCUT2D eigenvalue weighted by Crippen LogP contribution is 2.62. The number of carbonyl (C=O) groups is 2. The number of hydrogen-bond donors (Lipinski definition) is 4. The van der Waals surface area contributed by atoms with Crippen molar-refractivity contribution in [2.45, 2.75) is 78.7 Å². The van der Waals surface area contributed by atoms with E-state index in [4.69, 9.17) is 0 Å². The van der Waals surface area contributed by atoms with Gasteiger partial charge in [0.1, 0.15) is 0 Å². The minimum absolute atomic E-state index is 0.0588. The van der Waals surface area contributed by atoms with Crippen LogP contribution in [0.2, 0.25) is 0 Å². The van der Waals surface area contributed by atoms with E-state index in [-0.39, 0.29) is 36.2 Å². The first-order chi connectivity index (χ1) is 13.8. The van der Waals surface area contributed by atoms with Crippen LogP contribution in [-0.2, 0) is 16.0 Å². The van der Waals surface area contributed by atoms with Crippen LogP contribution in [0.4, 0.5) is 5.13 Å². The monoisotopic (exact) mass is 438 g/mol. The van der Waals surface area contributed by atoms with E-state index in [1.807, 2.05) is 27.7 Å².